The third-order valence-corrected chi connectivity index (χ3v) is 3.25. The Morgan fingerprint density at radius 3 is 2.19 bits per heavy atom. The van der Waals surface area contributed by atoms with Crippen molar-refractivity contribution in [3.63, 3.8) is 0 Å². The van der Waals surface area contributed by atoms with E-state index in [9.17, 15) is 22.4 Å². The minimum absolute atomic E-state index is 0.0173. The van der Waals surface area contributed by atoms with Crippen molar-refractivity contribution >= 4 is 6.29 Å². The van der Waals surface area contributed by atoms with Crippen LogP contribution in [0.1, 0.15) is 29.0 Å². The minimum Gasteiger partial charge on any atom is -0.303 e. The number of carbonyl (C=O) groups excluding carboxylic acids is 1. The van der Waals surface area contributed by atoms with Crippen LogP contribution in [0.2, 0.25) is 0 Å². The van der Waals surface area contributed by atoms with Gasteiger partial charge in [-0.15, -0.1) is 0 Å². The van der Waals surface area contributed by atoms with Crippen molar-refractivity contribution < 1.29 is 22.4 Å². The first-order chi connectivity index (χ1) is 9.93. The molecule has 110 valence electrons. The van der Waals surface area contributed by atoms with E-state index in [1.165, 1.54) is 42.5 Å². The molecule has 0 aliphatic rings. The third kappa shape index (κ3) is 3.48. The highest BCUT2D eigenvalue weighted by Crippen LogP contribution is 2.38. The zero-order valence-corrected chi connectivity index (χ0v) is 10.9. The molecule has 2 aromatic carbocycles. The lowest BCUT2D eigenvalue weighted by atomic mass is 9.86. The van der Waals surface area contributed by atoms with Crippen LogP contribution in [0.5, 0.6) is 0 Å². The largest absolute Gasteiger partial charge is 0.416 e. The van der Waals surface area contributed by atoms with E-state index in [0.29, 0.717) is 11.8 Å². The lowest BCUT2D eigenvalue weighted by molar-refractivity contribution is -0.138. The van der Waals surface area contributed by atoms with Crippen LogP contribution in [0.4, 0.5) is 17.6 Å². The summed E-state index contributed by atoms with van der Waals surface area (Å²) in [6.45, 7) is 0. The van der Waals surface area contributed by atoms with Crippen LogP contribution in [0, 0.1) is 5.82 Å². The van der Waals surface area contributed by atoms with Crippen molar-refractivity contribution in [3.8, 4) is 0 Å². The molecule has 0 aromatic heterocycles. The number of halogens is 4. The van der Waals surface area contributed by atoms with Crippen molar-refractivity contribution in [2.45, 2.75) is 18.5 Å². The van der Waals surface area contributed by atoms with Crippen LogP contribution in [0.25, 0.3) is 0 Å². The van der Waals surface area contributed by atoms with Crippen LogP contribution >= 0.6 is 0 Å². The maximum atomic E-state index is 13.1. The molecule has 2 rings (SSSR count). The van der Waals surface area contributed by atoms with E-state index in [0.717, 1.165) is 6.07 Å². The summed E-state index contributed by atoms with van der Waals surface area (Å²) in [4.78, 5) is 10.8. The number of carbonyl (C=O) groups is 1. The van der Waals surface area contributed by atoms with Crippen molar-refractivity contribution in [3.05, 3.63) is 71.0 Å². The number of benzene rings is 2. The predicted molar refractivity (Wildman–Crippen MR) is 70.4 cm³/mol. The second kappa shape index (κ2) is 6.08. The first kappa shape index (κ1) is 15.2. The van der Waals surface area contributed by atoms with E-state index in [1.54, 1.807) is 0 Å². The van der Waals surface area contributed by atoms with E-state index in [2.05, 4.69) is 0 Å². The van der Waals surface area contributed by atoms with Gasteiger partial charge < -0.3 is 4.79 Å². The first-order valence-corrected chi connectivity index (χ1v) is 6.28. The van der Waals surface area contributed by atoms with Gasteiger partial charge in [0.1, 0.15) is 12.1 Å². The second-order valence-electron chi connectivity index (χ2n) is 4.59. The lowest BCUT2D eigenvalue weighted by Crippen LogP contribution is -2.13. The van der Waals surface area contributed by atoms with Gasteiger partial charge in [-0.1, -0.05) is 30.3 Å². The fraction of sp³-hybridized carbons (Fsp3) is 0.188. The van der Waals surface area contributed by atoms with E-state index in [4.69, 9.17) is 0 Å². The molecular formula is C16H12F4O. The molecule has 0 fully saturated rings. The summed E-state index contributed by atoms with van der Waals surface area (Å²) in [5, 5.41) is 0. The number of rotatable bonds is 4. The van der Waals surface area contributed by atoms with E-state index in [1.807, 2.05) is 0 Å². The summed E-state index contributed by atoms with van der Waals surface area (Å²) in [5.41, 5.74) is -0.287. The van der Waals surface area contributed by atoms with Crippen LogP contribution < -0.4 is 0 Å². The van der Waals surface area contributed by atoms with Gasteiger partial charge in [0.25, 0.3) is 0 Å². The molecule has 0 amide bonds. The Morgan fingerprint density at radius 1 is 1.00 bits per heavy atom. The van der Waals surface area contributed by atoms with Crippen molar-refractivity contribution in [1.29, 1.82) is 0 Å². The van der Waals surface area contributed by atoms with Crippen molar-refractivity contribution in [2.75, 3.05) is 0 Å². The lowest BCUT2D eigenvalue weighted by Gasteiger charge is -2.20. The number of hydrogen-bond acceptors (Lipinski definition) is 1. The van der Waals surface area contributed by atoms with Gasteiger partial charge in [0.05, 0.1) is 5.56 Å². The molecule has 0 aliphatic heterocycles. The normalized spacial score (nSPS) is 13.0. The molecule has 5 heteroatoms. The Hall–Kier alpha value is -2.17. The fourth-order valence-electron chi connectivity index (χ4n) is 2.29. The molecule has 0 aliphatic carbocycles. The molecule has 1 atom stereocenters. The summed E-state index contributed by atoms with van der Waals surface area (Å²) >= 11 is 0. The summed E-state index contributed by atoms with van der Waals surface area (Å²) in [5.74, 6) is -1.23. The maximum Gasteiger partial charge on any atom is 0.416 e. The molecule has 0 saturated heterocycles. The highest BCUT2D eigenvalue weighted by atomic mass is 19.4. The fourth-order valence-corrected chi connectivity index (χ4v) is 2.29. The van der Waals surface area contributed by atoms with Gasteiger partial charge in [-0.3, -0.25) is 0 Å². The van der Waals surface area contributed by atoms with Crippen LogP contribution in [0.15, 0.2) is 48.5 Å². The van der Waals surface area contributed by atoms with Crippen LogP contribution in [-0.4, -0.2) is 6.29 Å². The Labute approximate surface area is 119 Å². The van der Waals surface area contributed by atoms with Gasteiger partial charge in [-0.2, -0.15) is 13.2 Å². The average molecular weight is 296 g/mol. The minimum atomic E-state index is -4.50. The zero-order chi connectivity index (χ0) is 15.5. The summed E-state index contributed by atoms with van der Waals surface area (Å²) < 4.78 is 52.2. The van der Waals surface area contributed by atoms with E-state index >= 15 is 0 Å². The smallest absolute Gasteiger partial charge is 0.303 e. The summed E-state index contributed by atoms with van der Waals surface area (Å²) in [6.07, 6.45) is -4.03. The maximum absolute atomic E-state index is 13.1. The third-order valence-electron chi connectivity index (χ3n) is 3.25. The molecule has 0 spiro atoms. The first-order valence-electron chi connectivity index (χ1n) is 6.28. The number of aldehydes is 1. The molecule has 0 unspecified atom stereocenters. The molecule has 2 aromatic rings. The highest BCUT2D eigenvalue weighted by Gasteiger charge is 2.35. The molecule has 0 N–H and O–H groups in total. The van der Waals surface area contributed by atoms with Gasteiger partial charge in [-0.05, 0) is 29.3 Å². The van der Waals surface area contributed by atoms with Gasteiger partial charge >= 0.3 is 6.18 Å². The van der Waals surface area contributed by atoms with Gasteiger partial charge in [0.2, 0.25) is 0 Å². The van der Waals surface area contributed by atoms with Crippen molar-refractivity contribution in [2.24, 2.45) is 0 Å². The monoisotopic (exact) mass is 296 g/mol. The molecular weight excluding hydrogens is 284 g/mol. The van der Waals surface area contributed by atoms with E-state index in [-0.39, 0.29) is 12.0 Å². The van der Waals surface area contributed by atoms with Gasteiger partial charge in [-0.25, -0.2) is 4.39 Å². The van der Waals surface area contributed by atoms with E-state index < -0.39 is 23.5 Å². The second-order valence-corrected chi connectivity index (χ2v) is 4.59. The Bertz CT molecular complexity index is 617. The van der Waals surface area contributed by atoms with Crippen molar-refractivity contribution in [1.82, 2.24) is 0 Å². The topological polar surface area (TPSA) is 17.1 Å². The highest BCUT2D eigenvalue weighted by molar-refractivity contribution is 5.55. The zero-order valence-electron chi connectivity index (χ0n) is 10.9. The predicted octanol–water partition coefficient (Wildman–Crippen LogP) is 4.57. The van der Waals surface area contributed by atoms with Crippen LogP contribution in [0.3, 0.4) is 0 Å². The molecule has 0 radical (unpaired) electrons. The Morgan fingerprint density at radius 2 is 1.62 bits per heavy atom. The summed E-state index contributed by atoms with van der Waals surface area (Å²) in [6, 6.07) is 10.3. The quantitative estimate of drug-likeness (QED) is 0.597. The number of alkyl halides is 3. The average Bonchev–Trinajstić information content (AvgIpc) is 2.45. The van der Waals surface area contributed by atoms with Gasteiger partial charge in [0, 0.05) is 12.3 Å². The Balaban J connectivity index is 2.53. The summed E-state index contributed by atoms with van der Waals surface area (Å²) in [7, 11) is 0. The SMILES string of the molecule is O=CC[C@@H](c1ccc(F)cc1)c1ccccc1C(F)(F)F. The molecule has 0 heterocycles. The Kier molecular flexibility index (Phi) is 4.40. The van der Waals surface area contributed by atoms with Crippen LogP contribution in [-0.2, 0) is 11.0 Å². The molecule has 0 saturated carbocycles. The number of hydrogen-bond donors (Lipinski definition) is 0. The molecule has 21 heavy (non-hydrogen) atoms. The molecule has 0 bridgehead atoms. The van der Waals surface area contributed by atoms with Gasteiger partial charge in [0.15, 0.2) is 0 Å². The standard InChI is InChI=1S/C16H12F4O/c17-12-7-5-11(6-8-12)13(9-10-21)14-3-1-2-4-15(14)16(18,19)20/h1-8,10,13H,9H2/t13-/m0/s1. The molecule has 1 nitrogen and oxygen atoms in total.